The zero-order valence-electron chi connectivity index (χ0n) is 27.1. The average molecular weight is 671 g/mol. The largest absolute Gasteiger partial charge is 0.456 e. The zero-order chi connectivity index (χ0) is 33.5. The highest BCUT2D eigenvalue weighted by Crippen LogP contribution is 2.42. The highest BCUT2D eigenvalue weighted by atomic mass is 32.1. The monoisotopic (exact) mass is 670 g/mol. The van der Waals surface area contributed by atoms with E-state index in [0.29, 0.717) is 17.5 Å². The molecule has 51 heavy (non-hydrogen) atoms. The third kappa shape index (κ3) is 4.43. The van der Waals surface area contributed by atoms with Crippen molar-refractivity contribution in [3.8, 4) is 39.9 Å². The Hall–Kier alpha value is -6.63. The van der Waals surface area contributed by atoms with Crippen LogP contribution in [0.3, 0.4) is 0 Å². The number of hydrogen-bond acceptors (Lipinski definition) is 5. The van der Waals surface area contributed by atoms with Gasteiger partial charge in [-0.25, -0.2) is 15.0 Å². The average Bonchev–Trinajstić information content (AvgIpc) is 3.85. The maximum atomic E-state index is 6.46. The van der Waals surface area contributed by atoms with Crippen LogP contribution >= 0.6 is 11.3 Å². The molecular formula is C45H26N4OS. The lowest BCUT2D eigenvalue weighted by Gasteiger charge is -2.08. The first kappa shape index (κ1) is 28.2. The van der Waals surface area contributed by atoms with E-state index in [-0.39, 0.29) is 0 Å². The molecule has 0 unspecified atom stereocenters. The molecule has 11 aromatic rings. The predicted octanol–water partition coefficient (Wildman–Crippen LogP) is 12.2. The molecule has 0 radical (unpaired) electrons. The van der Waals surface area contributed by atoms with Crippen molar-refractivity contribution in [2.45, 2.75) is 0 Å². The second-order valence-corrected chi connectivity index (χ2v) is 13.9. The number of rotatable bonds is 4. The number of fused-ring (bicyclic) bond motifs is 9. The van der Waals surface area contributed by atoms with Gasteiger partial charge in [0.05, 0.1) is 11.0 Å². The lowest BCUT2D eigenvalue weighted by atomic mass is 10.1. The molecule has 4 heterocycles. The molecule has 7 aromatic carbocycles. The van der Waals surface area contributed by atoms with Crippen molar-refractivity contribution in [2.24, 2.45) is 0 Å². The fourth-order valence-electron chi connectivity index (χ4n) is 7.45. The van der Waals surface area contributed by atoms with Gasteiger partial charge in [0, 0.05) is 64.1 Å². The van der Waals surface area contributed by atoms with Crippen LogP contribution in [0.25, 0.3) is 104 Å². The molecule has 0 fully saturated rings. The van der Waals surface area contributed by atoms with Gasteiger partial charge in [0.1, 0.15) is 11.2 Å². The molecule has 11 rings (SSSR count). The molecule has 0 N–H and O–H groups in total. The molecule has 4 aromatic heterocycles. The first-order valence-corrected chi connectivity index (χ1v) is 17.8. The number of nitrogens with zero attached hydrogens (tertiary/aromatic N) is 4. The Labute approximate surface area is 295 Å². The van der Waals surface area contributed by atoms with Crippen LogP contribution in [0.4, 0.5) is 0 Å². The number of furan rings is 1. The third-order valence-electron chi connectivity index (χ3n) is 9.84. The van der Waals surface area contributed by atoms with Gasteiger partial charge in [0.25, 0.3) is 0 Å². The summed E-state index contributed by atoms with van der Waals surface area (Å²) in [7, 11) is 0. The summed E-state index contributed by atoms with van der Waals surface area (Å²) in [5, 5.41) is 7.10. The van der Waals surface area contributed by atoms with E-state index in [4.69, 9.17) is 19.4 Å². The number of benzene rings is 7. The smallest absolute Gasteiger partial charge is 0.164 e. The van der Waals surface area contributed by atoms with Crippen LogP contribution in [-0.2, 0) is 0 Å². The number of thiophene rings is 1. The number of para-hydroxylation sites is 2. The second-order valence-electron chi connectivity index (χ2n) is 12.8. The molecule has 6 heteroatoms. The van der Waals surface area contributed by atoms with Crippen LogP contribution < -0.4 is 0 Å². The van der Waals surface area contributed by atoms with Gasteiger partial charge in [-0.1, -0.05) is 103 Å². The molecule has 0 saturated carbocycles. The summed E-state index contributed by atoms with van der Waals surface area (Å²) >= 11 is 1.81. The molecule has 0 saturated heterocycles. The maximum Gasteiger partial charge on any atom is 0.164 e. The van der Waals surface area contributed by atoms with Crippen molar-refractivity contribution in [2.75, 3.05) is 0 Å². The zero-order valence-corrected chi connectivity index (χ0v) is 27.9. The second kappa shape index (κ2) is 10.9. The summed E-state index contributed by atoms with van der Waals surface area (Å²) in [5.41, 5.74) is 8.09. The van der Waals surface area contributed by atoms with Crippen molar-refractivity contribution >= 4 is 75.3 Å². The summed E-state index contributed by atoms with van der Waals surface area (Å²) in [6.07, 6.45) is 0. The van der Waals surface area contributed by atoms with Crippen molar-refractivity contribution in [3.05, 3.63) is 158 Å². The van der Waals surface area contributed by atoms with E-state index in [1.807, 2.05) is 84.1 Å². The van der Waals surface area contributed by atoms with Gasteiger partial charge < -0.3 is 8.98 Å². The van der Waals surface area contributed by atoms with E-state index >= 15 is 0 Å². The van der Waals surface area contributed by atoms with Gasteiger partial charge in [-0.15, -0.1) is 11.3 Å². The van der Waals surface area contributed by atoms with Crippen LogP contribution in [-0.4, -0.2) is 19.5 Å². The minimum absolute atomic E-state index is 0.624. The van der Waals surface area contributed by atoms with E-state index in [2.05, 4.69) is 89.5 Å². The Morgan fingerprint density at radius 2 is 0.961 bits per heavy atom. The fourth-order valence-corrected chi connectivity index (χ4v) is 8.60. The molecule has 0 atom stereocenters. The molecular weight excluding hydrogens is 645 g/mol. The van der Waals surface area contributed by atoms with Crippen molar-refractivity contribution in [1.29, 1.82) is 0 Å². The van der Waals surface area contributed by atoms with Crippen LogP contribution in [0.1, 0.15) is 0 Å². The van der Waals surface area contributed by atoms with Gasteiger partial charge in [0.15, 0.2) is 17.5 Å². The Morgan fingerprint density at radius 1 is 0.392 bits per heavy atom. The topological polar surface area (TPSA) is 56.7 Å². The van der Waals surface area contributed by atoms with Crippen LogP contribution in [0.5, 0.6) is 0 Å². The first-order chi connectivity index (χ1) is 25.2. The summed E-state index contributed by atoms with van der Waals surface area (Å²) in [6.45, 7) is 0. The quantitative estimate of drug-likeness (QED) is 0.187. The highest BCUT2D eigenvalue weighted by Gasteiger charge is 2.18. The maximum absolute atomic E-state index is 6.46. The van der Waals surface area contributed by atoms with E-state index in [0.717, 1.165) is 44.3 Å². The van der Waals surface area contributed by atoms with Crippen LogP contribution in [0, 0.1) is 0 Å². The fraction of sp³-hybridized carbons (Fsp3) is 0. The van der Waals surface area contributed by atoms with Crippen molar-refractivity contribution < 1.29 is 4.42 Å². The van der Waals surface area contributed by atoms with E-state index in [9.17, 15) is 0 Å². The predicted molar refractivity (Wildman–Crippen MR) is 211 cm³/mol. The van der Waals surface area contributed by atoms with E-state index < -0.39 is 0 Å². The van der Waals surface area contributed by atoms with E-state index in [1.165, 1.54) is 42.0 Å². The summed E-state index contributed by atoms with van der Waals surface area (Å²) in [6, 6.07) is 55.0. The van der Waals surface area contributed by atoms with Gasteiger partial charge in [0.2, 0.25) is 0 Å². The third-order valence-corrected chi connectivity index (χ3v) is 11.0. The Morgan fingerprint density at radius 3 is 1.63 bits per heavy atom. The lowest BCUT2D eigenvalue weighted by Crippen LogP contribution is -2.00. The molecule has 0 spiro atoms. The van der Waals surface area contributed by atoms with Crippen LogP contribution in [0.2, 0.25) is 0 Å². The summed E-state index contributed by atoms with van der Waals surface area (Å²) in [5.74, 6) is 1.91. The standard InChI is InChI=1S/C45H26N4OS/c1-3-11-27(12-4-1)43-46-44(28-13-5-2-6-14-28)48-45(47-43)29-19-22-39-34(23-29)35-25-36-33-21-20-30(24-41(33)51-42(36)26-40(35)50-39)49-37-17-9-7-15-31(37)32-16-8-10-18-38(32)49/h1-26H. The molecule has 0 aliphatic rings. The normalized spacial score (nSPS) is 11.9. The summed E-state index contributed by atoms with van der Waals surface area (Å²) in [4.78, 5) is 14.8. The molecule has 238 valence electrons. The van der Waals surface area contributed by atoms with Crippen molar-refractivity contribution in [1.82, 2.24) is 19.5 Å². The van der Waals surface area contributed by atoms with Gasteiger partial charge in [-0.3, -0.25) is 0 Å². The summed E-state index contributed by atoms with van der Waals surface area (Å²) < 4.78 is 11.3. The Bertz CT molecular complexity index is 3030. The molecule has 5 nitrogen and oxygen atoms in total. The molecule has 0 aliphatic heterocycles. The number of aromatic nitrogens is 4. The minimum Gasteiger partial charge on any atom is -0.456 e. The lowest BCUT2D eigenvalue weighted by molar-refractivity contribution is 0.669. The van der Waals surface area contributed by atoms with E-state index in [1.54, 1.807) is 0 Å². The Balaban J connectivity index is 1.07. The van der Waals surface area contributed by atoms with Crippen LogP contribution in [0.15, 0.2) is 162 Å². The molecule has 0 amide bonds. The van der Waals surface area contributed by atoms with Gasteiger partial charge >= 0.3 is 0 Å². The highest BCUT2D eigenvalue weighted by molar-refractivity contribution is 7.25. The van der Waals surface area contributed by atoms with Gasteiger partial charge in [-0.05, 0) is 54.6 Å². The van der Waals surface area contributed by atoms with Crippen molar-refractivity contribution in [3.63, 3.8) is 0 Å². The minimum atomic E-state index is 0.624. The Kier molecular flexibility index (Phi) is 6.05. The number of hydrogen-bond donors (Lipinski definition) is 0. The molecule has 0 aliphatic carbocycles. The van der Waals surface area contributed by atoms with Gasteiger partial charge in [-0.2, -0.15) is 0 Å². The first-order valence-electron chi connectivity index (χ1n) is 16.9. The molecule has 0 bridgehead atoms. The SMILES string of the molecule is c1ccc(-c2nc(-c3ccccc3)nc(-c3ccc4oc5cc6sc7cc(-n8c9ccccc9c9ccccc98)ccc7c6cc5c4c3)n2)cc1.